The highest BCUT2D eigenvalue weighted by Crippen LogP contribution is 2.16. The predicted molar refractivity (Wildman–Crippen MR) is 92.3 cm³/mol. The molecule has 0 bridgehead atoms. The van der Waals surface area contributed by atoms with E-state index >= 15 is 0 Å². The average Bonchev–Trinajstić information content (AvgIpc) is 2.60. The molecule has 25 heavy (non-hydrogen) atoms. The van der Waals surface area contributed by atoms with E-state index in [1.807, 2.05) is 6.07 Å². The summed E-state index contributed by atoms with van der Waals surface area (Å²) in [5.41, 5.74) is 1.07. The minimum atomic E-state index is -0.211. The van der Waals surface area contributed by atoms with Gasteiger partial charge in [-0.2, -0.15) is 5.10 Å². The number of carbonyl (C=O) groups is 2. The zero-order valence-corrected chi connectivity index (χ0v) is 14.4. The van der Waals surface area contributed by atoms with Gasteiger partial charge in [-0.15, -0.1) is 0 Å². The van der Waals surface area contributed by atoms with Crippen LogP contribution in [0.2, 0.25) is 0 Å². The number of hydrazone groups is 1. The monoisotopic (exact) mass is 346 g/mol. The molecule has 2 aliphatic rings. The predicted octanol–water partition coefficient (Wildman–Crippen LogP) is 1.51. The van der Waals surface area contributed by atoms with Gasteiger partial charge in [-0.1, -0.05) is 18.2 Å². The molecule has 3 rings (SSSR count). The SMILES string of the molecule is CN1N=C(C(=O)NC2CCCN(Cc3ccccc3F)C2)CCC1=O. The van der Waals surface area contributed by atoms with Gasteiger partial charge < -0.3 is 5.32 Å². The fourth-order valence-electron chi connectivity index (χ4n) is 3.29. The summed E-state index contributed by atoms with van der Waals surface area (Å²) in [6.45, 7) is 2.11. The average molecular weight is 346 g/mol. The van der Waals surface area contributed by atoms with Crippen LogP contribution in [0.5, 0.6) is 0 Å². The zero-order valence-electron chi connectivity index (χ0n) is 14.4. The normalized spacial score (nSPS) is 21.8. The summed E-state index contributed by atoms with van der Waals surface area (Å²) in [7, 11) is 1.56. The van der Waals surface area contributed by atoms with Gasteiger partial charge in [0, 0.05) is 44.6 Å². The molecule has 2 amide bonds. The Balaban J connectivity index is 1.57. The number of carbonyl (C=O) groups excluding carboxylic acids is 2. The summed E-state index contributed by atoms with van der Waals surface area (Å²) in [5.74, 6) is -0.486. The van der Waals surface area contributed by atoms with E-state index in [0.29, 0.717) is 37.2 Å². The van der Waals surface area contributed by atoms with Crippen molar-refractivity contribution in [3.8, 4) is 0 Å². The van der Waals surface area contributed by atoms with Gasteiger partial charge >= 0.3 is 0 Å². The topological polar surface area (TPSA) is 65.0 Å². The van der Waals surface area contributed by atoms with E-state index in [1.54, 1.807) is 19.2 Å². The van der Waals surface area contributed by atoms with Crippen LogP contribution < -0.4 is 5.32 Å². The van der Waals surface area contributed by atoms with Gasteiger partial charge in [0.05, 0.1) is 0 Å². The van der Waals surface area contributed by atoms with Crippen molar-refractivity contribution in [3.63, 3.8) is 0 Å². The summed E-state index contributed by atoms with van der Waals surface area (Å²) in [6, 6.07) is 6.79. The Labute approximate surface area is 146 Å². The molecule has 2 aliphatic heterocycles. The van der Waals surface area contributed by atoms with E-state index in [4.69, 9.17) is 0 Å². The lowest BCUT2D eigenvalue weighted by Crippen LogP contribution is -2.50. The van der Waals surface area contributed by atoms with E-state index in [1.165, 1.54) is 11.1 Å². The van der Waals surface area contributed by atoms with Crippen LogP contribution in [0, 0.1) is 5.82 Å². The van der Waals surface area contributed by atoms with Crippen LogP contribution in [-0.2, 0) is 16.1 Å². The molecule has 0 saturated carbocycles. The van der Waals surface area contributed by atoms with Crippen LogP contribution in [0.4, 0.5) is 4.39 Å². The Morgan fingerprint density at radius 3 is 2.92 bits per heavy atom. The van der Waals surface area contributed by atoms with Crippen molar-refractivity contribution >= 4 is 17.5 Å². The molecule has 1 unspecified atom stereocenters. The van der Waals surface area contributed by atoms with Gasteiger partial charge in [0.1, 0.15) is 11.5 Å². The first kappa shape index (κ1) is 17.5. The molecule has 1 saturated heterocycles. The van der Waals surface area contributed by atoms with Crippen LogP contribution in [-0.4, -0.2) is 53.6 Å². The fourth-order valence-corrected chi connectivity index (χ4v) is 3.29. The largest absolute Gasteiger partial charge is 0.347 e. The van der Waals surface area contributed by atoms with Crippen molar-refractivity contribution in [2.75, 3.05) is 20.1 Å². The van der Waals surface area contributed by atoms with Crippen LogP contribution in [0.15, 0.2) is 29.4 Å². The van der Waals surface area contributed by atoms with Crippen molar-refractivity contribution in [1.82, 2.24) is 15.2 Å². The van der Waals surface area contributed by atoms with Crippen molar-refractivity contribution in [2.24, 2.45) is 5.10 Å². The maximum absolute atomic E-state index is 13.8. The maximum atomic E-state index is 13.8. The number of piperidine rings is 1. The molecular weight excluding hydrogens is 323 g/mol. The van der Waals surface area contributed by atoms with Gasteiger partial charge in [0.2, 0.25) is 5.91 Å². The van der Waals surface area contributed by atoms with Gasteiger partial charge in [0.15, 0.2) is 0 Å². The van der Waals surface area contributed by atoms with Crippen molar-refractivity contribution in [2.45, 2.75) is 38.3 Å². The van der Waals surface area contributed by atoms with E-state index in [-0.39, 0.29) is 23.7 Å². The summed E-state index contributed by atoms with van der Waals surface area (Å²) in [4.78, 5) is 26.0. The number of likely N-dealkylation sites (tertiary alicyclic amines) is 1. The molecule has 1 aromatic rings. The smallest absolute Gasteiger partial charge is 0.267 e. The third-order valence-corrected chi connectivity index (χ3v) is 4.66. The number of amides is 2. The lowest BCUT2D eigenvalue weighted by molar-refractivity contribution is -0.130. The molecule has 134 valence electrons. The first-order chi connectivity index (χ1) is 12.0. The second-order valence-electron chi connectivity index (χ2n) is 6.60. The van der Waals surface area contributed by atoms with E-state index < -0.39 is 0 Å². The molecule has 1 N–H and O–H groups in total. The highest BCUT2D eigenvalue weighted by atomic mass is 19.1. The van der Waals surface area contributed by atoms with Gasteiger partial charge in [-0.05, 0) is 25.5 Å². The molecule has 6 nitrogen and oxygen atoms in total. The molecule has 1 aromatic carbocycles. The van der Waals surface area contributed by atoms with Gasteiger partial charge in [0.25, 0.3) is 5.91 Å². The number of nitrogens with zero attached hydrogens (tertiary/aromatic N) is 3. The maximum Gasteiger partial charge on any atom is 0.267 e. The number of hydrogen-bond donors (Lipinski definition) is 1. The third kappa shape index (κ3) is 4.42. The van der Waals surface area contributed by atoms with Crippen LogP contribution in [0.3, 0.4) is 0 Å². The number of rotatable bonds is 4. The molecule has 1 atom stereocenters. The third-order valence-electron chi connectivity index (χ3n) is 4.66. The minimum absolute atomic E-state index is 0.0126. The Morgan fingerprint density at radius 2 is 2.16 bits per heavy atom. The molecular formula is C18H23FN4O2. The standard InChI is InChI=1S/C18H23FN4O2/c1-22-17(24)9-8-16(21-22)18(25)20-14-6-4-10-23(12-14)11-13-5-2-3-7-15(13)19/h2-3,5,7,14H,4,6,8-12H2,1H3,(H,20,25). The molecule has 0 aliphatic carbocycles. The summed E-state index contributed by atoms with van der Waals surface area (Å²) in [5, 5.41) is 8.29. The Hall–Kier alpha value is -2.28. The highest BCUT2D eigenvalue weighted by Gasteiger charge is 2.26. The highest BCUT2D eigenvalue weighted by molar-refractivity contribution is 6.39. The molecule has 1 fully saturated rings. The van der Waals surface area contributed by atoms with Crippen molar-refractivity contribution in [1.29, 1.82) is 0 Å². The number of nitrogens with one attached hydrogen (secondary N) is 1. The Bertz CT molecular complexity index is 691. The fraction of sp³-hybridized carbons (Fsp3) is 0.500. The molecule has 7 heteroatoms. The second-order valence-corrected chi connectivity index (χ2v) is 6.60. The van der Waals surface area contributed by atoms with Crippen molar-refractivity contribution in [3.05, 3.63) is 35.6 Å². The summed E-state index contributed by atoms with van der Waals surface area (Å²) >= 11 is 0. The molecule has 0 spiro atoms. The van der Waals surface area contributed by atoms with Crippen LogP contribution in [0.25, 0.3) is 0 Å². The lowest BCUT2D eigenvalue weighted by Gasteiger charge is -2.33. The Kier molecular flexibility index (Phi) is 5.43. The van der Waals surface area contributed by atoms with Crippen molar-refractivity contribution < 1.29 is 14.0 Å². The molecule has 0 radical (unpaired) electrons. The van der Waals surface area contributed by atoms with Gasteiger partial charge in [-0.3, -0.25) is 14.5 Å². The minimum Gasteiger partial charge on any atom is -0.347 e. The molecule has 0 aromatic heterocycles. The number of benzene rings is 1. The molecule has 2 heterocycles. The summed E-state index contributed by atoms with van der Waals surface area (Å²) < 4.78 is 13.8. The summed E-state index contributed by atoms with van der Waals surface area (Å²) in [6.07, 6.45) is 2.53. The zero-order chi connectivity index (χ0) is 17.8. The van der Waals surface area contributed by atoms with E-state index in [9.17, 15) is 14.0 Å². The quantitative estimate of drug-likeness (QED) is 0.899. The first-order valence-corrected chi connectivity index (χ1v) is 8.63. The first-order valence-electron chi connectivity index (χ1n) is 8.63. The number of hydrogen-bond acceptors (Lipinski definition) is 4. The van der Waals surface area contributed by atoms with Crippen LogP contribution >= 0.6 is 0 Å². The number of halogens is 1. The van der Waals surface area contributed by atoms with E-state index in [2.05, 4.69) is 15.3 Å². The Morgan fingerprint density at radius 1 is 1.36 bits per heavy atom. The second kappa shape index (κ2) is 7.74. The van der Waals surface area contributed by atoms with Crippen LogP contribution in [0.1, 0.15) is 31.2 Å². The lowest BCUT2D eigenvalue weighted by atomic mass is 10.0. The van der Waals surface area contributed by atoms with E-state index in [0.717, 1.165) is 19.4 Å². The van der Waals surface area contributed by atoms with Gasteiger partial charge in [-0.25, -0.2) is 9.40 Å².